The molecule has 0 radical (unpaired) electrons. The number of hydrogen-bond acceptors (Lipinski definition) is 2. The number of aromatic nitrogens is 2. The zero-order chi connectivity index (χ0) is 9.52. The number of aromatic amines is 1. The second kappa shape index (κ2) is 5.75. The van der Waals surface area contributed by atoms with Crippen LogP contribution in [0.1, 0.15) is 38.2 Å². The minimum Gasteiger partial charge on any atom is -0.345 e. The molecule has 0 fully saturated rings. The second-order valence-electron chi connectivity index (χ2n) is 3.28. The Balaban J connectivity index is 2.31. The second-order valence-corrected chi connectivity index (χ2v) is 3.28. The summed E-state index contributed by atoms with van der Waals surface area (Å²) in [5, 5.41) is 3.31. The van der Waals surface area contributed by atoms with Gasteiger partial charge in [0.05, 0.1) is 6.54 Å². The Labute approximate surface area is 80.0 Å². The van der Waals surface area contributed by atoms with E-state index in [-0.39, 0.29) is 0 Å². The number of nitrogens with one attached hydrogen (secondary N) is 2. The lowest BCUT2D eigenvalue weighted by atomic mass is 10.3. The summed E-state index contributed by atoms with van der Waals surface area (Å²) in [6.45, 7) is 6.26. The van der Waals surface area contributed by atoms with Crippen molar-refractivity contribution in [3.63, 3.8) is 0 Å². The highest BCUT2D eigenvalue weighted by atomic mass is 15.0. The molecule has 0 aromatic carbocycles. The van der Waals surface area contributed by atoms with Crippen LogP contribution in [0, 0.1) is 0 Å². The Kier molecular flexibility index (Phi) is 4.54. The first-order chi connectivity index (χ1) is 6.36. The molecule has 0 bridgehead atoms. The summed E-state index contributed by atoms with van der Waals surface area (Å²) in [6.07, 6.45) is 5.37. The lowest BCUT2D eigenvalue weighted by Crippen LogP contribution is -2.14. The van der Waals surface area contributed by atoms with Crippen molar-refractivity contribution < 1.29 is 0 Å². The van der Waals surface area contributed by atoms with Gasteiger partial charge >= 0.3 is 0 Å². The van der Waals surface area contributed by atoms with Gasteiger partial charge in [0.2, 0.25) is 0 Å². The first kappa shape index (κ1) is 10.3. The Morgan fingerprint density at radius 2 is 2.23 bits per heavy atom. The van der Waals surface area contributed by atoms with Crippen LogP contribution < -0.4 is 5.32 Å². The zero-order valence-electron chi connectivity index (χ0n) is 8.56. The van der Waals surface area contributed by atoms with E-state index in [0.29, 0.717) is 0 Å². The Hall–Kier alpha value is -0.830. The molecule has 0 unspecified atom stereocenters. The summed E-state index contributed by atoms with van der Waals surface area (Å²) in [5.74, 6) is 1.05. The van der Waals surface area contributed by atoms with Crippen molar-refractivity contribution in [1.82, 2.24) is 15.3 Å². The van der Waals surface area contributed by atoms with Crippen LogP contribution in [-0.2, 0) is 13.0 Å². The van der Waals surface area contributed by atoms with Crippen LogP contribution in [0.4, 0.5) is 0 Å². The van der Waals surface area contributed by atoms with Crippen molar-refractivity contribution in [3.8, 4) is 0 Å². The maximum atomic E-state index is 4.29. The van der Waals surface area contributed by atoms with Gasteiger partial charge in [-0.25, -0.2) is 4.98 Å². The van der Waals surface area contributed by atoms with Gasteiger partial charge in [-0.05, 0) is 19.4 Å². The SMILES string of the molecule is CCCNCc1ncc(CCC)[nH]1. The molecule has 1 aromatic rings. The molecule has 0 aliphatic heterocycles. The average molecular weight is 181 g/mol. The smallest absolute Gasteiger partial charge is 0.120 e. The lowest BCUT2D eigenvalue weighted by Gasteiger charge is -1.98. The highest BCUT2D eigenvalue weighted by Crippen LogP contribution is 1.99. The maximum absolute atomic E-state index is 4.29. The van der Waals surface area contributed by atoms with Gasteiger partial charge in [0.1, 0.15) is 5.82 Å². The van der Waals surface area contributed by atoms with Gasteiger partial charge in [-0.1, -0.05) is 20.3 Å². The molecule has 3 nitrogen and oxygen atoms in total. The van der Waals surface area contributed by atoms with Gasteiger partial charge < -0.3 is 10.3 Å². The van der Waals surface area contributed by atoms with Crippen LogP contribution >= 0.6 is 0 Å². The van der Waals surface area contributed by atoms with Crippen molar-refractivity contribution in [1.29, 1.82) is 0 Å². The third-order valence-electron chi connectivity index (χ3n) is 1.92. The number of hydrogen-bond donors (Lipinski definition) is 2. The van der Waals surface area contributed by atoms with E-state index in [1.165, 1.54) is 18.5 Å². The van der Waals surface area contributed by atoms with Gasteiger partial charge in [-0.15, -0.1) is 0 Å². The molecule has 1 rings (SSSR count). The highest BCUT2D eigenvalue weighted by molar-refractivity contribution is 5.00. The molecule has 1 heterocycles. The van der Waals surface area contributed by atoms with Crippen LogP contribution in [0.5, 0.6) is 0 Å². The number of rotatable bonds is 6. The maximum Gasteiger partial charge on any atom is 0.120 e. The Morgan fingerprint density at radius 1 is 1.38 bits per heavy atom. The predicted octanol–water partition coefficient (Wildman–Crippen LogP) is 1.86. The average Bonchev–Trinajstić information content (AvgIpc) is 2.54. The summed E-state index contributed by atoms with van der Waals surface area (Å²) in [7, 11) is 0. The largest absolute Gasteiger partial charge is 0.345 e. The third-order valence-corrected chi connectivity index (χ3v) is 1.92. The monoisotopic (exact) mass is 181 g/mol. The molecule has 3 heteroatoms. The topological polar surface area (TPSA) is 40.7 Å². The lowest BCUT2D eigenvalue weighted by molar-refractivity contribution is 0.654. The fourth-order valence-corrected chi connectivity index (χ4v) is 1.28. The van der Waals surface area contributed by atoms with Crippen LogP contribution in [-0.4, -0.2) is 16.5 Å². The minimum atomic E-state index is 0.859. The van der Waals surface area contributed by atoms with Crippen LogP contribution in [0.3, 0.4) is 0 Å². The van der Waals surface area contributed by atoms with Gasteiger partial charge in [-0.2, -0.15) is 0 Å². The summed E-state index contributed by atoms with van der Waals surface area (Å²) in [4.78, 5) is 7.59. The molecule has 13 heavy (non-hydrogen) atoms. The third kappa shape index (κ3) is 3.59. The molecular weight excluding hydrogens is 162 g/mol. The highest BCUT2D eigenvalue weighted by Gasteiger charge is 1.98. The quantitative estimate of drug-likeness (QED) is 0.658. The number of imidazole rings is 1. The summed E-state index contributed by atoms with van der Waals surface area (Å²) in [5.41, 5.74) is 1.25. The van der Waals surface area contributed by atoms with Gasteiger partial charge in [0, 0.05) is 11.9 Å². The van der Waals surface area contributed by atoms with E-state index in [1.54, 1.807) is 0 Å². The van der Waals surface area contributed by atoms with Crippen LogP contribution in [0.25, 0.3) is 0 Å². The minimum absolute atomic E-state index is 0.859. The summed E-state index contributed by atoms with van der Waals surface area (Å²) in [6, 6.07) is 0. The Bertz CT molecular complexity index is 230. The van der Waals surface area contributed by atoms with Gasteiger partial charge in [0.15, 0.2) is 0 Å². The van der Waals surface area contributed by atoms with Gasteiger partial charge in [-0.3, -0.25) is 0 Å². The van der Waals surface area contributed by atoms with Crippen molar-refractivity contribution in [3.05, 3.63) is 17.7 Å². The molecule has 0 aliphatic carbocycles. The van der Waals surface area contributed by atoms with Crippen LogP contribution in [0.15, 0.2) is 6.20 Å². The number of H-pyrrole nitrogens is 1. The van der Waals surface area contributed by atoms with Crippen molar-refractivity contribution in [2.75, 3.05) is 6.54 Å². The molecule has 0 amide bonds. The van der Waals surface area contributed by atoms with Crippen molar-refractivity contribution in [2.24, 2.45) is 0 Å². The van der Waals surface area contributed by atoms with E-state index in [2.05, 4.69) is 29.1 Å². The molecule has 0 atom stereocenters. The summed E-state index contributed by atoms with van der Waals surface area (Å²) >= 11 is 0. The van der Waals surface area contributed by atoms with E-state index in [9.17, 15) is 0 Å². The number of aryl methyl sites for hydroxylation is 1. The van der Waals surface area contributed by atoms with E-state index < -0.39 is 0 Å². The standard InChI is InChI=1S/C10H19N3/c1-3-5-9-7-12-10(13-9)8-11-6-4-2/h7,11H,3-6,8H2,1-2H3,(H,12,13). The molecule has 74 valence electrons. The van der Waals surface area contributed by atoms with E-state index >= 15 is 0 Å². The first-order valence-electron chi connectivity index (χ1n) is 5.10. The number of nitrogens with zero attached hydrogens (tertiary/aromatic N) is 1. The Morgan fingerprint density at radius 3 is 2.92 bits per heavy atom. The fourth-order valence-electron chi connectivity index (χ4n) is 1.28. The first-order valence-corrected chi connectivity index (χ1v) is 5.10. The molecule has 0 saturated carbocycles. The predicted molar refractivity (Wildman–Crippen MR) is 54.6 cm³/mol. The summed E-state index contributed by atoms with van der Waals surface area (Å²) < 4.78 is 0. The molecule has 0 saturated heterocycles. The van der Waals surface area contributed by atoms with E-state index in [0.717, 1.165) is 25.3 Å². The van der Waals surface area contributed by atoms with E-state index in [1.807, 2.05) is 6.20 Å². The molecule has 1 aromatic heterocycles. The molecule has 0 spiro atoms. The van der Waals surface area contributed by atoms with Crippen molar-refractivity contribution in [2.45, 2.75) is 39.7 Å². The molecular formula is C10H19N3. The normalized spacial score (nSPS) is 10.6. The molecule has 2 N–H and O–H groups in total. The zero-order valence-corrected chi connectivity index (χ0v) is 8.56. The van der Waals surface area contributed by atoms with E-state index in [4.69, 9.17) is 0 Å². The fraction of sp³-hybridized carbons (Fsp3) is 0.700. The molecule has 0 aliphatic rings. The van der Waals surface area contributed by atoms with Crippen molar-refractivity contribution >= 4 is 0 Å². The van der Waals surface area contributed by atoms with Crippen LogP contribution in [0.2, 0.25) is 0 Å². The van der Waals surface area contributed by atoms with Gasteiger partial charge in [0.25, 0.3) is 0 Å².